The Morgan fingerprint density at radius 2 is 1.85 bits per heavy atom. The highest BCUT2D eigenvalue weighted by Crippen LogP contribution is 2.36. The van der Waals surface area contributed by atoms with Gasteiger partial charge in [0, 0.05) is 12.1 Å². The van der Waals surface area contributed by atoms with Gasteiger partial charge in [0.25, 0.3) is 0 Å². The summed E-state index contributed by atoms with van der Waals surface area (Å²) in [4.78, 5) is 2.11. The van der Waals surface area contributed by atoms with Crippen LogP contribution in [0.5, 0.6) is 11.5 Å². The molecule has 0 spiro atoms. The summed E-state index contributed by atoms with van der Waals surface area (Å²) in [5.74, 6) is 2.12. The van der Waals surface area contributed by atoms with Gasteiger partial charge in [-0.1, -0.05) is 13.8 Å². The summed E-state index contributed by atoms with van der Waals surface area (Å²) in [6.07, 6.45) is 0.884. The van der Waals surface area contributed by atoms with Crippen LogP contribution >= 0.6 is 0 Å². The first kappa shape index (κ1) is 16.8. The second kappa shape index (κ2) is 6.95. The molecule has 20 heavy (non-hydrogen) atoms. The lowest BCUT2D eigenvalue weighted by atomic mass is 9.82. The molecule has 4 heteroatoms. The molecule has 0 aliphatic heterocycles. The minimum Gasteiger partial charge on any atom is -0.497 e. The van der Waals surface area contributed by atoms with E-state index in [1.54, 1.807) is 14.2 Å². The quantitative estimate of drug-likeness (QED) is 0.833. The fourth-order valence-electron chi connectivity index (χ4n) is 2.76. The van der Waals surface area contributed by atoms with Crippen LogP contribution in [0.25, 0.3) is 0 Å². The molecule has 1 aromatic rings. The highest BCUT2D eigenvalue weighted by Gasteiger charge is 2.32. The van der Waals surface area contributed by atoms with Gasteiger partial charge in [-0.2, -0.15) is 0 Å². The first-order valence-electron chi connectivity index (χ1n) is 6.98. The molecule has 0 amide bonds. The number of benzene rings is 1. The molecule has 2 N–H and O–H groups in total. The topological polar surface area (TPSA) is 47.7 Å². The molecule has 0 heterocycles. The molecule has 1 atom stereocenters. The minimum absolute atomic E-state index is 0.461. The van der Waals surface area contributed by atoms with Crippen LogP contribution < -0.4 is 15.2 Å². The van der Waals surface area contributed by atoms with Crippen molar-refractivity contribution in [2.75, 3.05) is 34.9 Å². The van der Waals surface area contributed by atoms with Crippen molar-refractivity contribution in [3.05, 3.63) is 23.8 Å². The molecular weight excluding hydrogens is 252 g/mol. The van der Waals surface area contributed by atoms with E-state index >= 15 is 0 Å². The van der Waals surface area contributed by atoms with Gasteiger partial charge in [-0.05, 0) is 44.6 Å². The Balaban J connectivity index is 3.30. The number of nitrogens with two attached hydrogens (primary N) is 1. The van der Waals surface area contributed by atoms with Crippen molar-refractivity contribution < 1.29 is 9.47 Å². The number of nitrogens with zero attached hydrogens (tertiary/aromatic N) is 1. The molecule has 0 bridgehead atoms. The Labute approximate surface area is 122 Å². The molecule has 0 aliphatic rings. The lowest BCUT2D eigenvalue weighted by Gasteiger charge is -2.35. The summed E-state index contributed by atoms with van der Waals surface area (Å²) in [5.41, 5.74) is 7.28. The Kier molecular flexibility index (Phi) is 5.84. The summed E-state index contributed by atoms with van der Waals surface area (Å²) in [6, 6.07) is 5.81. The first-order chi connectivity index (χ1) is 9.32. The fraction of sp³-hybridized carbons (Fsp3) is 0.625. The smallest absolute Gasteiger partial charge is 0.124 e. The van der Waals surface area contributed by atoms with Crippen LogP contribution in [-0.2, 0) is 5.54 Å². The predicted octanol–water partition coefficient (Wildman–Crippen LogP) is 2.47. The molecule has 0 aliphatic carbocycles. The Bertz CT molecular complexity index is 420. The van der Waals surface area contributed by atoms with E-state index in [0.717, 1.165) is 30.0 Å². The van der Waals surface area contributed by atoms with Gasteiger partial charge in [0.1, 0.15) is 11.5 Å². The second-order valence-electron chi connectivity index (χ2n) is 6.06. The van der Waals surface area contributed by atoms with Gasteiger partial charge in [0.15, 0.2) is 0 Å². The van der Waals surface area contributed by atoms with Gasteiger partial charge in [-0.3, -0.25) is 0 Å². The van der Waals surface area contributed by atoms with Crippen LogP contribution in [0.2, 0.25) is 0 Å². The van der Waals surface area contributed by atoms with Crippen molar-refractivity contribution in [1.29, 1.82) is 0 Å². The molecule has 4 nitrogen and oxygen atoms in total. The highest BCUT2D eigenvalue weighted by molar-refractivity contribution is 5.45. The molecule has 114 valence electrons. The zero-order valence-corrected chi connectivity index (χ0v) is 13.6. The standard InChI is InChI=1S/C16H28N2O2/c1-12(2)10-16(17,11-18(3)4)14-9-13(19-5)7-8-15(14)20-6/h7-9,12H,10-11,17H2,1-6H3. The molecular formula is C16H28N2O2. The van der Waals surface area contributed by atoms with E-state index in [9.17, 15) is 0 Å². The largest absolute Gasteiger partial charge is 0.497 e. The average molecular weight is 280 g/mol. The molecule has 0 fully saturated rings. The zero-order chi connectivity index (χ0) is 15.3. The second-order valence-corrected chi connectivity index (χ2v) is 6.06. The predicted molar refractivity (Wildman–Crippen MR) is 83.4 cm³/mol. The van der Waals surface area contributed by atoms with E-state index in [2.05, 4.69) is 18.7 Å². The van der Waals surface area contributed by atoms with Gasteiger partial charge in [-0.15, -0.1) is 0 Å². The number of ether oxygens (including phenoxy) is 2. The van der Waals surface area contributed by atoms with Crippen LogP contribution in [-0.4, -0.2) is 39.8 Å². The van der Waals surface area contributed by atoms with Crippen molar-refractivity contribution >= 4 is 0 Å². The number of hydrogen-bond acceptors (Lipinski definition) is 4. The highest BCUT2D eigenvalue weighted by atomic mass is 16.5. The lowest BCUT2D eigenvalue weighted by Crippen LogP contribution is -2.46. The van der Waals surface area contributed by atoms with E-state index in [1.165, 1.54) is 0 Å². The van der Waals surface area contributed by atoms with Gasteiger partial charge < -0.3 is 20.1 Å². The Morgan fingerprint density at radius 1 is 1.20 bits per heavy atom. The van der Waals surface area contributed by atoms with Crippen LogP contribution in [0.3, 0.4) is 0 Å². The molecule has 0 saturated carbocycles. The molecule has 0 aromatic heterocycles. The summed E-state index contributed by atoms with van der Waals surface area (Å²) in [7, 11) is 7.41. The summed E-state index contributed by atoms with van der Waals surface area (Å²) < 4.78 is 10.8. The number of methoxy groups -OCH3 is 2. The zero-order valence-electron chi connectivity index (χ0n) is 13.6. The van der Waals surface area contributed by atoms with E-state index < -0.39 is 5.54 Å². The number of likely N-dealkylation sites (N-methyl/N-ethyl adjacent to an activating group) is 1. The summed E-state index contributed by atoms with van der Waals surface area (Å²) in [6.45, 7) is 5.13. The maximum absolute atomic E-state index is 6.74. The third-order valence-corrected chi connectivity index (χ3v) is 3.31. The third kappa shape index (κ3) is 4.12. The van der Waals surface area contributed by atoms with Crippen LogP contribution in [0.15, 0.2) is 18.2 Å². The van der Waals surface area contributed by atoms with Crippen LogP contribution in [0.1, 0.15) is 25.8 Å². The molecule has 1 unspecified atom stereocenters. The van der Waals surface area contributed by atoms with Crippen molar-refractivity contribution in [3.63, 3.8) is 0 Å². The monoisotopic (exact) mass is 280 g/mol. The van der Waals surface area contributed by atoms with Gasteiger partial charge in [0.05, 0.1) is 19.8 Å². The summed E-state index contributed by atoms with van der Waals surface area (Å²) in [5, 5.41) is 0. The maximum Gasteiger partial charge on any atom is 0.124 e. The van der Waals surface area contributed by atoms with Crippen LogP contribution in [0.4, 0.5) is 0 Å². The molecule has 0 radical (unpaired) electrons. The molecule has 1 rings (SSSR count). The minimum atomic E-state index is -0.461. The third-order valence-electron chi connectivity index (χ3n) is 3.31. The van der Waals surface area contributed by atoms with Crippen molar-refractivity contribution in [1.82, 2.24) is 4.90 Å². The van der Waals surface area contributed by atoms with E-state index in [1.807, 2.05) is 32.3 Å². The molecule has 0 saturated heterocycles. The number of rotatable bonds is 7. The van der Waals surface area contributed by atoms with Gasteiger partial charge >= 0.3 is 0 Å². The lowest BCUT2D eigenvalue weighted by molar-refractivity contribution is 0.241. The van der Waals surface area contributed by atoms with Crippen molar-refractivity contribution in [2.24, 2.45) is 11.7 Å². The molecule has 1 aromatic carbocycles. The maximum atomic E-state index is 6.74. The van der Waals surface area contributed by atoms with Crippen molar-refractivity contribution in [2.45, 2.75) is 25.8 Å². The van der Waals surface area contributed by atoms with E-state index in [4.69, 9.17) is 15.2 Å². The Hall–Kier alpha value is -1.26. The summed E-state index contributed by atoms with van der Waals surface area (Å²) >= 11 is 0. The SMILES string of the molecule is COc1ccc(OC)c(C(N)(CC(C)C)CN(C)C)c1. The first-order valence-corrected chi connectivity index (χ1v) is 6.98. The normalized spacial score (nSPS) is 14.4. The fourth-order valence-corrected chi connectivity index (χ4v) is 2.76. The van der Waals surface area contributed by atoms with Gasteiger partial charge in [-0.25, -0.2) is 0 Å². The Morgan fingerprint density at radius 3 is 2.30 bits per heavy atom. The number of hydrogen-bond donors (Lipinski definition) is 1. The van der Waals surface area contributed by atoms with Gasteiger partial charge in [0.2, 0.25) is 0 Å². The average Bonchev–Trinajstić information content (AvgIpc) is 2.35. The van der Waals surface area contributed by atoms with Crippen molar-refractivity contribution in [3.8, 4) is 11.5 Å². The van der Waals surface area contributed by atoms with E-state index in [0.29, 0.717) is 5.92 Å². The van der Waals surface area contributed by atoms with E-state index in [-0.39, 0.29) is 0 Å². The van der Waals surface area contributed by atoms with Crippen LogP contribution in [0, 0.1) is 5.92 Å².